The van der Waals surface area contributed by atoms with Gasteiger partial charge in [0.2, 0.25) is 0 Å². The topological polar surface area (TPSA) is 218 Å². The smallest absolute Gasteiger partial charge is 0.127 e. The van der Waals surface area contributed by atoms with Crippen LogP contribution in [0.4, 0.5) is 0 Å². The van der Waals surface area contributed by atoms with E-state index in [2.05, 4.69) is 340 Å². The third-order valence-electron chi connectivity index (χ3n) is 23.4. The van der Waals surface area contributed by atoms with Crippen molar-refractivity contribution in [2.24, 2.45) is 0 Å². The molecule has 0 unspecified atom stereocenters. The molecule has 0 spiro atoms. The van der Waals surface area contributed by atoms with E-state index in [1.807, 2.05) is 131 Å². The van der Waals surface area contributed by atoms with Crippen molar-refractivity contribution in [1.29, 1.82) is 0 Å². The maximum absolute atomic E-state index is 4.69. The van der Waals surface area contributed by atoms with Gasteiger partial charge in [-0.25, -0.2) is 0 Å². The van der Waals surface area contributed by atoms with Crippen LogP contribution in [0.25, 0.3) is 170 Å². The van der Waals surface area contributed by atoms with E-state index in [9.17, 15) is 0 Å². The van der Waals surface area contributed by atoms with Crippen molar-refractivity contribution in [2.45, 2.75) is 123 Å². The molecule has 0 fully saturated rings. The molecule has 0 bridgehead atoms. The van der Waals surface area contributed by atoms with Gasteiger partial charge in [-0.05, 0) is 225 Å². The van der Waals surface area contributed by atoms with Gasteiger partial charge in [0.15, 0.2) is 0 Å². The first-order valence-electron chi connectivity index (χ1n) is 44.6. The van der Waals surface area contributed by atoms with E-state index in [1.54, 1.807) is 88.3 Å². The number of aryl methyl sites for hydroxylation is 12. The number of rotatable bonds is 15. The Bertz CT molecular complexity index is 8180. The number of hydrogen-bond donors (Lipinski definition) is 0. The summed E-state index contributed by atoms with van der Waals surface area (Å²) in [5, 5.41) is 28.0. The average Bonchev–Trinajstić information content (AvgIpc) is 1.66. The largest absolute Gasteiger partial charge is 0.264 e. The Morgan fingerprint density at radius 2 is 0.489 bits per heavy atom. The molecule has 0 aliphatic rings. The van der Waals surface area contributed by atoms with Crippen LogP contribution in [0, 0.1) is 113 Å². The summed E-state index contributed by atoms with van der Waals surface area (Å²) in [4.78, 5) is 45.7. The second-order valence-electron chi connectivity index (χ2n) is 34.0. The van der Waals surface area contributed by atoms with E-state index in [4.69, 9.17) is 0 Å². The number of benzene rings is 13. The van der Waals surface area contributed by atoms with Gasteiger partial charge in [-0.2, -0.15) is 82.2 Å². The fraction of sp³-hybridized carbons (Fsp3) is 0.162. The van der Waals surface area contributed by atoms with Gasteiger partial charge < -0.3 is 0 Å². The first-order chi connectivity index (χ1) is 66.0. The van der Waals surface area contributed by atoms with E-state index in [0.717, 1.165) is 195 Å². The van der Waals surface area contributed by atoms with Crippen molar-refractivity contribution in [1.82, 2.24) is 98.7 Å². The SMILES string of the molecule is Cc1cc(C)c(-n2ncnc2-c2[c-]cc3sc(C)nc3c2)c(C)c1.Cc1nc2cc(-c3ncnn3-c3c(-c4ccccc4)cccc3-c3ccccc3)[c-]cc2s1.Cc1nc2cc(-c3ncnn3-c3c(C(C)C)cccc3C(C)C)[c-]cc2s1.Cc1nc2cc(-c3ncnn3-c3c(C)cc(-c4ccccc4)cc3C)[c-]cc2s1.Cc1nc2cc(-c3ncnn3-c3c(C)cccc3C)[c-]cc2s1.[Ir].[Ir].[Ir].[Ir].[Ir]. The standard InChI is InChI=1S/C28H19N4S.C24H19N4S.C22H23N4S.C19H17N4S.C18H15N4S.5Ir/c1-19-31-25-17-22(15-16-26(25)33-19)28-29-18-30-32(28)27-23(20-9-4-2-5-10-20)13-8-14-24(27)21-11-6-3-7-12-21;1-15-11-20(18-7-5-4-6-8-18)12-16(2)23(15)28-24(25-14-26-28)19-9-10-22-21(13-19)27-17(3)29-22;1-13(2)17-7-6-8-18(14(3)4)21(17)26-22(23-12-24-26)16-9-10-20-19(11-16)25-15(5)27-20;1-11-7-12(2)18(13(3)8-11)23-19(20-10-21-23)15-5-6-17-16(9-15)22-14(4)24-17;1-11-5-4-6-12(2)17(11)22-18(19-10-20-22)14-7-8-16-15(9-14)21-13(3)23-16;;;;;/h2-14,16-18H,1H3;4-8,10-14H,1-3H3;6-8,10-14H,1-5H3;6-10H,1-4H3;4-6,8-10H,1-3H3;;;;;/q5*-1;;;;;. The Morgan fingerprint density at radius 3 is 0.780 bits per heavy atom. The van der Waals surface area contributed by atoms with Crippen molar-refractivity contribution in [2.75, 3.05) is 0 Å². The Morgan fingerprint density at radius 1 is 0.241 bits per heavy atom. The van der Waals surface area contributed by atoms with Crippen LogP contribution < -0.4 is 0 Å². The Hall–Kier alpha value is -11.7. The van der Waals surface area contributed by atoms with Crippen LogP contribution in [-0.4, -0.2) is 98.7 Å². The van der Waals surface area contributed by atoms with Crippen LogP contribution in [0.15, 0.2) is 262 Å². The van der Waals surface area contributed by atoms with Gasteiger partial charge in [-0.15, -0.1) is 119 Å². The van der Waals surface area contributed by atoms with Gasteiger partial charge in [0.25, 0.3) is 0 Å². The van der Waals surface area contributed by atoms with Crippen LogP contribution in [0.3, 0.4) is 0 Å². The molecule has 717 valence electrons. The maximum atomic E-state index is 4.69. The normalized spacial score (nSPS) is 11.0. The first-order valence-corrected chi connectivity index (χ1v) is 48.7. The van der Waals surface area contributed by atoms with Gasteiger partial charge in [-0.1, -0.05) is 191 Å². The van der Waals surface area contributed by atoms with E-state index in [0.29, 0.717) is 11.8 Å². The number of nitrogens with zero attached hydrogens (tertiary/aromatic N) is 20. The zero-order valence-electron chi connectivity index (χ0n) is 79.6. The van der Waals surface area contributed by atoms with Gasteiger partial charge in [0, 0.05) is 112 Å². The number of aromatic nitrogens is 20. The average molecular weight is 2830 g/mol. The predicted molar refractivity (Wildman–Crippen MR) is 555 cm³/mol. The molecule has 5 radical (unpaired) electrons. The molecule has 23 aromatic rings. The number of para-hydroxylation sites is 3. The predicted octanol–water partition coefficient (Wildman–Crippen LogP) is 27.7. The van der Waals surface area contributed by atoms with E-state index in [-0.39, 0.29) is 101 Å². The summed E-state index contributed by atoms with van der Waals surface area (Å²) >= 11 is 8.40. The van der Waals surface area contributed by atoms with E-state index in [1.165, 1.54) is 50.1 Å². The molecular weight excluding hydrogens is 2730 g/mol. The molecule has 0 saturated heterocycles. The maximum Gasteiger partial charge on any atom is 0.127 e. The summed E-state index contributed by atoms with van der Waals surface area (Å²) in [7, 11) is 0. The number of fused-ring (bicyclic) bond motifs is 5. The molecule has 23 rings (SSSR count). The molecule has 141 heavy (non-hydrogen) atoms. The Labute approximate surface area is 906 Å². The van der Waals surface area contributed by atoms with Crippen molar-refractivity contribution >= 4 is 108 Å². The summed E-state index contributed by atoms with van der Waals surface area (Å²) in [6.07, 6.45) is 8.02. The van der Waals surface area contributed by atoms with E-state index < -0.39 is 0 Å². The van der Waals surface area contributed by atoms with Crippen molar-refractivity contribution < 1.29 is 101 Å². The number of hydrogen-bond acceptors (Lipinski definition) is 20. The van der Waals surface area contributed by atoms with Gasteiger partial charge >= 0.3 is 0 Å². The minimum atomic E-state index is 0. The van der Waals surface area contributed by atoms with Crippen LogP contribution in [0.2, 0.25) is 0 Å². The fourth-order valence-electron chi connectivity index (χ4n) is 17.5. The first kappa shape index (κ1) is 105. The summed E-state index contributed by atoms with van der Waals surface area (Å²) in [5.41, 5.74) is 32.4. The van der Waals surface area contributed by atoms with Crippen LogP contribution in [0.1, 0.15) is 115 Å². The Kier molecular flexibility index (Phi) is 34.4. The van der Waals surface area contributed by atoms with Gasteiger partial charge in [0.05, 0.1) is 82.6 Å². The summed E-state index contributed by atoms with van der Waals surface area (Å²) in [5.74, 6) is 4.68. The van der Waals surface area contributed by atoms with Crippen molar-refractivity contribution in [3.05, 3.63) is 368 Å². The van der Waals surface area contributed by atoms with E-state index >= 15 is 0 Å². The summed E-state index contributed by atoms with van der Waals surface area (Å²) < 4.78 is 15.3. The second kappa shape index (κ2) is 46.1. The molecule has 0 atom stereocenters. The molecule has 20 nitrogen and oxygen atoms in total. The molecule has 0 saturated carbocycles. The molecule has 0 aliphatic heterocycles. The third kappa shape index (κ3) is 22.5. The minimum Gasteiger partial charge on any atom is -0.264 e. The molecule has 0 N–H and O–H groups in total. The van der Waals surface area contributed by atoms with Crippen molar-refractivity contribution in [3.8, 4) is 119 Å². The third-order valence-corrected chi connectivity index (χ3v) is 28.0. The second-order valence-corrected chi connectivity index (χ2v) is 40.1. The van der Waals surface area contributed by atoms with Crippen LogP contribution in [-0.2, 0) is 101 Å². The quantitative estimate of drug-likeness (QED) is 0.0872. The van der Waals surface area contributed by atoms with Crippen LogP contribution in [0.5, 0.6) is 0 Å². The molecule has 10 heterocycles. The van der Waals surface area contributed by atoms with Crippen LogP contribution >= 0.6 is 56.7 Å². The van der Waals surface area contributed by atoms with Crippen molar-refractivity contribution in [3.63, 3.8) is 0 Å². The van der Waals surface area contributed by atoms with Gasteiger partial charge in [0.1, 0.15) is 31.6 Å². The van der Waals surface area contributed by atoms with Gasteiger partial charge in [-0.3, -0.25) is 73.2 Å². The fourth-order valence-corrected chi connectivity index (χ4v) is 21.4. The molecular formula is C111H93Ir5N20S5-5. The molecule has 10 aromatic heterocycles. The molecule has 0 aliphatic carbocycles. The molecule has 30 heteroatoms. The monoisotopic (exact) mass is 2830 g/mol. The number of thiazole rings is 5. The summed E-state index contributed by atoms with van der Waals surface area (Å²) in [6, 6.07) is 96.1. The Balaban J connectivity index is 0.000000140. The zero-order chi connectivity index (χ0) is 94.1. The zero-order valence-corrected chi connectivity index (χ0v) is 95.7. The molecule has 0 amide bonds. The minimum absolute atomic E-state index is 0. The molecule has 13 aromatic carbocycles. The summed E-state index contributed by atoms with van der Waals surface area (Å²) in [6.45, 7) is 33.7.